The van der Waals surface area contributed by atoms with Crippen molar-refractivity contribution in [2.24, 2.45) is 5.73 Å². The molecule has 0 aliphatic heterocycles. The predicted octanol–water partition coefficient (Wildman–Crippen LogP) is 2.57. The predicted molar refractivity (Wildman–Crippen MR) is 55.5 cm³/mol. The van der Waals surface area contributed by atoms with Gasteiger partial charge >= 0.3 is 0 Å². The molecule has 0 fully saturated rings. The molecule has 0 amide bonds. The van der Waals surface area contributed by atoms with Crippen LogP contribution in [0, 0.1) is 6.92 Å². The summed E-state index contributed by atoms with van der Waals surface area (Å²) in [4.78, 5) is 1.36. The molecular weight excluding hydrogens is 166 g/mol. The van der Waals surface area contributed by atoms with Crippen molar-refractivity contribution in [3.8, 4) is 0 Å². The third-order valence-electron chi connectivity index (χ3n) is 1.80. The molecule has 12 heavy (non-hydrogen) atoms. The highest BCUT2D eigenvalue weighted by atomic mass is 32.2. The molecule has 1 aromatic rings. The maximum Gasteiger partial charge on any atom is 0.0189 e. The van der Waals surface area contributed by atoms with Gasteiger partial charge in [-0.05, 0) is 23.8 Å². The van der Waals surface area contributed by atoms with Crippen LogP contribution in [0.25, 0.3) is 0 Å². The van der Waals surface area contributed by atoms with Crippen LogP contribution in [-0.2, 0) is 6.54 Å². The van der Waals surface area contributed by atoms with Crippen LogP contribution in [0.15, 0.2) is 23.1 Å². The number of nitrogens with two attached hydrogens (primary N) is 1. The Balaban J connectivity index is 3.02. The molecule has 0 bridgehead atoms. The van der Waals surface area contributed by atoms with Crippen LogP contribution in [0.2, 0.25) is 0 Å². The van der Waals surface area contributed by atoms with Gasteiger partial charge in [-0.25, -0.2) is 0 Å². The lowest BCUT2D eigenvalue weighted by molar-refractivity contribution is 1.01. The number of hydrogen-bond donors (Lipinski definition) is 1. The summed E-state index contributed by atoms with van der Waals surface area (Å²) in [6.07, 6.45) is 0. The minimum atomic E-state index is 0.643. The first kappa shape index (κ1) is 9.62. The first-order valence-corrected chi connectivity index (χ1v) is 5.19. The molecule has 2 N–H and O–H groups in total. The second kappa shape index (κ2) is 4.53. The quantitative estimate of drug-likeness (QED) is 0.725. The molecule has 0 unspecified atom stereocenters. The molecule has 1 rings (SSSR count). The Bertz CT molecular complexity index is 258. The van der Waals surface area contributed by atoms with Crippen molar-refractivity contribution >= 4 is 11.8 Å². The summed E-state index contributed by atoms with van der Waals surface area (Å²) in [6, 6.07) is 6.30. The molecule has 0 aromatic heterocycles. The minimum absolute atomic E-state index is 0.643. The van der Waals surface area contributed by atoms with E-state index in [4.69, 9.17) is 5.73 Å². The summed E-state index contributed by atoms with van der Waals surface area (Å²) in [7, 11) is 0. The SMILES string of the molecule is CCSc1c(C)cccc1CN. The van der Waals surface area contributed by atoms with Gasteiger partial charge in [0.05, 0.1) is 0 Å². The fourth-order valence-corrected chi connectivity index (χ4v) is 2.15. The number of benzene rings is 1. The number of aryl methyl sites for hydroxylation is 1. The summed E-state index contributed by atoms with van der Waals surface area (Å²) in [5, 5.41) is 0. The Kier molecular flexibility index (Phi) is 3.63. The van der Waals surface area contributed by atoms with Crippen molar-refractivity contribution in [3.63, 3.8) is 0 Å². The Morgan fingerprint density at radius 2 is 2.17 bits per heavy atom. The smallest absolute Gasteiger partial charge is 0.0189 e. The Morgan fingerprint density at radius 3 is 2.75 bits per heavy atom. The van der Waals surface area contributed by atoms with Crippen molar-refractivity contribution in [2.75, 3.05) is 5.75 Å². The lowest BCUT2D eigenvalue weighted by atomic mass is 10.1. The highest BCUT2D eigenvalue weighted by Crippen LogP contribution is 2.25. The van der Waals surface area contributed by atoms with E-state index in [0.717, 1.165) is 5.75 Å². The van der Waals surface area contributed by atoms with Crippen LogP contribution < -0.4 is 5.73 Å². The average Bonchev–Trinajstić information content (AvgIpc) is 2.09. The molecule has 0 aliphatic rings. The van der Waals surface area contributed by atoms with E-state index >= 15 is 0 Å². The molecule has 66 valence electrons. The summed E-state index contributed by atoms with van der Waals surface area (Å²) >= 11 is 1.87. The van der Waals surface area contributed by atoms with Gasteiger partial charge < -0.3 is 5.73 Å². The zero-order valence-electron chi connectivity index (χ0n) is 7.63. The van der Waals surface area contributed by atoms with E-state index in [9.17, 15) is 0 Å². The van der Waals surface area contributed by atoms with Gasteiger partial charge in [0.2, 0.25) is 0 Å². The van der Waals surface area contributed by atoms with E-state index in [1.807, 2.05) is 11.8 Å². The van der Waals surface area contributed by atoms with Crippen LogP contribution in [0.4, 0.5) is 0 Å². The summed E-state index contributed by atoms with van der Waals surface area (Å²) in [5.74, 6) is 1.11. The zero-order valence-corrected chi connectivity index (χ0v) is 8.45. The number of thioether (sulfide) groups is 1. The molecule has 0 heterocycles. The monoisotopic (exact) mass is 181 g/mol. The summed E-state index contributed by atoms with van der Waals surface area (Å²) < 4.78 is 0. The maximum atomic E-state index is 5.64. The first-order chi connectivity index (χ1) is 5.79. The third kappa shape index (κ3) is 2.02. The Hall–Kier alpha value is -0.470. The van der Waals surface area contributed by atoms with Gasteiger partial charge in [0, 0.05) is 11.4 Å². The minimum Gasteiger partial charge on any atom is -0.326 e. The fourth-order valence-electron chi connectivity index (χ4n) is 1.22. The number of hydrogen-bond acceptors (Lipinski definition) is 2. The summed E-state index contributed by atoms with van der Waals surface area (Å²) in [5.41, 5.74) is 8.24. The molecule has 0 saturated carbocycles. The standard InChI is InChI=1S/C10H15NS/c1-3-12-10-8(2)5-4-6-9(10)7-11/h4-6H,3,7,11H2,1-2H3. The van der Waals surface area contributed by atoms with Gasteiger partial charge in [-0.1, -0.05) is 25.1 Å². The average molecular weight is 181 g/mol. The third-order valence-corrected chi connectivity index (χ3v) is 2.96. The molecule has 2 heteroatoms. The molecule has 0 aliphatic carbocycles. The normalized spacial score (nSPS) is 10.2. The maximum absolute atomic E-state index is 5.64. The second-order valence-corrected chi connectivity index (χ2v) is 3.97. The van der Waals surface area contributed by atoms with Gasteiger partial charge in [-0.15, -0.1) is 11.8 Å². The highest BCUT2D eigenvalue weighted by molar-refractivity contribution is 7.99. The molecule has 0 atom stereocenters. The van der Waals surface area contributed by atoms with Crippen molar-refractivity contribution in [2.45, 2.75) is 25.3 Å². The Morgan fingerprint density at radius 1 is 1.42 bits per heavy atom. The van der Waals surface area contributed by atoms with Gasteiger partial charge in [-0.2, -0.15) is 0 Å². The van der Waals surface area contributed by atoms with Crippen molar-refractivity contribution in [1.29, 1.82) is 0 Å². The van der Waals surface area contributed by atoms with Crippen LogP contribution in [0.5, 0.6) is 0 Å². The van der Waals surface area contributed by atoms with Crippen molar-refractivity contribution < 1.29 is 0 Å². The van der Waals surface area contributed by atoms with E-state index in [2.05, 4.69) is 32.0 Å². The van der Waals surface area contributed by atoms with Gasteiger partial charge in [0.1, 0.15) is 0 Å². The molecular formula is C10H15NS. The topological polar surface area (TPSA) is 26.0 Å². The summed E-state index contributed by atoms with van der Waals surface area (Å²) in [6.45, 7) is 4.94. The second-order valence-electron chi connectivity index (χ2n) is 2.70. The fraction of sp³-hybridized carbons (Fsp3) is 0.400. The lowest BCUT2D eigenvalue weighted by Crippen LogP contribution is -1.99. The van der Waals surface area contributed by atoms with Crippen molar-refractivity contribution in [3.05, 3.63) is 29.3 Å². The van der Waals surface area contributed by atoms with E-state index in [1.54, 1.807) is 0 Å². The van der Waals surface area contributed by atoms with Crippen molar-refractivity contribution in [1.82, 2.24) is 0 Å². The molecule has 1 nitrogen and oxygen atoms in total. The molecule has 0 saturated heterocycles. The van der Waals surface area contributed by atoms with Crippen LogP contribution in [-0.4, -0.2) is 5.75 Å². The van der Waals surface area contributed by atoms with Crippen LogP contribution >= 0.6 is 11.8 Å². The van der Waals surface area contributed by atoms with Gasteiger partial charge in [0.25, 0.3) is 0 Å². The first-order valence-electron chi connectivity index (χ1n) is 4.21. The highest BCUT2D eigenvalue weighted by Gasteiger charge is 2.02. The number of rotatable bonds is 3. The molecule has 0 radical (unpaired) electrons. The molecule has 0 spiro atoms. The van der Waals surface area contributed by atoms with Gasteiger partial charge in [-0.3, -0.25) is 0 Å². The van der Waals surface area contributed by atoms with E-state index in [0.29, 0.717) is 6.54 Å². The van der Waals surface area contributed by atoms with E-state index in [1.165, 1.54) is 16.0 Å². The van der Waals surface area contributed by atoms with E-state index < -0.39 is 0 Å². The Labute approximate surface area is 78.4 Å². The molecule has 1 aromatic carbocycles. The zero-order chi connectivity index (χ0) is 8.97. The van der Waals surface area contributed by atoms with E-state index in [-0.39, 0.29) is 0 Å². The van der Waals surface area contributed by atoms with Gasteiger partial charge in [0.15, 0.2) is 0 Å². The van der Waals surface area contributed by atoms with Crippen LogP contribution in [0.3, 0.4) is 0 Å². The lowest BCUT2D eigenvalue weighted by Gasteiger charge is -2.08. The largest absolute Gasteiger partial charge is 0.326 e. The van der Waals surface area contributed by atoms with Crippen LogP contribution in [0.1, 0.15) is 18.1 Å².